The van der Waals surface area contributed by atoms with E-state index in [9.17, 15) is 4.39 Å². The predicted octanol–water partition coefficient (Wildman–Crippen LogP) is 3.98. The molecule has 0 aliphatic heterocycles. The van der Waals surface area contributed by atoms with E-state index in [1.165, 1.54) is 16.5 Å². The van der Waals surface area contributed by atoms with Crippen LogP contribution in [0.1, 0.15) is 0 Å². The summed E-state index contributed by atoms with van der Waals surface area (Å²) in [6.07, 6.45) is 1.58. The first-order valence-corrected chi connectivity index (χ1v) is 14.3. The minimum absolute atomic E-state index is 0.236. The molecule has 0 radical (unpaired) electrons. The first-order chi connectivity index (χ1) is 9.95. The van der Waals surface area contributed by atoms with Gasteiger partial charge in [-0.15, -0.1) is 0 Å². The Morgan fingerprint density at radius 1 is 0.905 bits per heavy atom. The fraction of sp³-hybridized carbons (Fsp3) is 0.176. The third kappa shape index (κ3) is 2.83. The third-order valence-electron chi connectivity index (χ3n) is 3.62. The van der Waals surface area contributed by atoms with E-state index < -0.39 is 13.3 Å². The zero-order valence-electron chi connectivity index (χ0n) is 12.4. The van der Waals surface area contributed by atoms with E-state index >= 15 is 0 Å². The van der Waals surface area contributed by atoms with Crippen LogP contribution in [0.15, 0.2) is 48.8 Å². The average molecular weight is 341 g/mol. The number of hydrogen-bond donors (Lipinski definition) is 0. The summed E-state index contributed by atoms with van der Waals surface area (Å²) in [7, 11) is 0. The molecule has 0 fully saturated rings. The van der Waals surface area contributed by atoms with Crippen molar-refractivity contribution in [3.05, 3.63) is 54.6 Å². The van der Waals surface area contributed by atoms with Crippen LogP contribution in [0.5, 0.6) is 0 Å². The molecule has 2 aromatic carbocycles. The summed E-state index contributed by atoms with van der Waals surface area (Å²) in [5.41, 5.74) is 2.73. The molecule has 0 N–H and O–H groups in total. The summed E-state index contributed by atoms with van der Waals surface area (Å²) in [6, 6.07) is 12.9. The van der Waals surface area contributed by atoms with Crippen molar-refractivity contribution in [2.24, 2.45) is 0 Å². The molecule has 4 heteroatoms. The zero-order chi connectivity index (χ0) is 15.0. The van der Waals surface area contributed by atoms with Gasteiger partial charge in [0.1, 0.15) is 0 Å². The minimum atomic E-state index is -1.87. The molecule has 0 atom stereocenters. The van der Waals surface area contributed by atoms with Crippen LogP contribution in [0.3, 0.4) is 0 Å². The molecule has 0 spiro atoms. The molecule has 21 heavy (non-hydrogen) atoms. The number of nitrogens with zero attached hydrogens (tertiary/aromatic N) is 2. The van der Waals surface area contributed by atoms with Crippen LogP contribution in [-0.2, 0) is 0 Å². The van der Waals surface area contributed by atoms with Gasteiger partial charge in [0.2, 0.25) is 0 Å². The van der Waals surface area contributed by atoms with E-state index in [0.717, 1.165) is 22.2 Å². The van der Waals surface area contributed by atoms with Crippen LogP contribution in [0.25, 0.3) is 22.2 Å². The first kappa shape index (κ1) is 14.2. The van der Waals surface area contributed by atoms with Crippen molar-refractivity contribution in [3.63, 3.8) is 0 Å². The van der Waals surface area contributed by atoms with E-state index in [4.69, 9.17) is 0 Å². The molecule has 0 aliphatic carbocycles. The number of rotatable bonds is 2. The number of hydrogen-bond acceptors (Lipinski definition) is 2. The van der Waals surface area contributed by atoms with Crippen LogP contribution < -0.4 is 4.40 Å². The summed E-state index contributed by atoms with van der Waals surface area (Å²) in [4.78, 5) is 8.78. The topological polar surface area (TPSA) is 25.8 Å². The van der Waals surface area contributed by atoms with Crippen LogP contribution in [0, 0.1) is 5.82 Å². The van der Waals surface area contributed by atoms with Crippen LogP contribution in [0.4, 0.5) is 4.39 Å². The van der Waals surface area contributed by atoms with Gasteiger partial charge in [-0.3, -0.25) is 0 Å². The maximum atomic E-state index is 13.1. The number of benzene rings is 2. The van der Waals surface area contributed by atoms with Crippen molar-refractivity contribution < 1.29 is 4.39 Å². The molecule has 0 aliphatic rings. The Balaban J connectivity index is 2.19. The molecule has 1 aromatic heterocycles. The Bertz CT molecular complexity index is 792. The van der Waals surface area contributed by atoms with Gasteiger partial charge in [-0.1, -0.05) is 0 Å². The van der Waals surface area contributed by atoms with Crippen LogP contribution in [-0.4, -0.2) is 23.2 Å². The van der Waals surface area contributed by atoms with Crippen molar-refractivity contribution >= 4 is 28.6 Å². The molecule has 106 valence electrons. The van der Waals surface area contributed by atoms with Crippen molar-refractivity contribution in [1.29, 1.82) is 0 Å². The summed E-state index contributed by atoms with van der Waals surface area (Å²) < 4.78 is 14.5. The standard InChI is InChI=1S/C17H17FGeN2/c1-19(2,3)14-8-9-15-16(10-14)20-11-21-17(15)12-4-6-13(18)7-5-12/h4-11H,1-3H3. The van der Waals surface area contributed by atoms with E-state index in [1.807, 2.05) is 0 Å². The monoisotopic (exact) mass is 342 g/mol. The van der Waals surface area contributed by atoms with E-state index in [-0.39, 0.29) is 5.82 Å². The fourth-order valence-electron chi connectivity index (χ4n) is 2.36. The van der Waals surface area contributed by atoms with Crippen LogP contribution in [0.2, 0.25) is 17.3 Å². The van der Waals surface area contributed by atoms with Gasteiger partial charge in [0.05, 0.1) is 0 Å². The van der Waals surface area contributed by atoms with Crippen molar-refractivity contribution in [2.45, 2.75) is 17.3 Å². The Labute approximate surface area is 126 Å². The fourth-order valence-corrected chi connectivity index (χ4v) is 4.78. The third-order valence-corrected chi connectivity index (χ3v) is 7.91. The van der Waals surface area contributed by atoms with Gasteiger partial charge in [-0.25, -0.2) is 0 Å². The Morgan fingerprint density at radius 3 is 2.29 bits per heavy atom. The molecule has 2 nitrogen and oxygen atoms in total. The molecule has 0 amide bonds. The molecule has 0 unspecified atom stereocenters. The van der Waals surface area contributed by atoms with Gasteiger partial charge in [-0.05, 0) is 0 Å². The number of fused-ring (bicyclic) bond motifs is 1. The van der Waals surface area contributed by atoms with E-state index in [2.05, 4.69) is 45.4 Å². The Hall–Kier alpha value is -1.75. The van der Waals surface area contributed by atoms with Crippen LogP contribution >= 0.6 is 0 Å². The number of halogens is 1. The summed E-state index contributed by atoms with van der Waals surface area (Å²) >= 11 is -1.87. The first-order valence-electron chi connectivity index (χ1n) is 6.96. The van der Waals surface area contributed by atoms with Gasteiger partial charge in [-0.2, -0.15) is 0 Å². The number of aromatic nitrogens is 2. The molecule has 0 saturated heterocycles. The molecular weight excluding hydrogens is 324 g/mol. The van der Waals surface area contributed by atoms with Crippen molar-refractivity contribution in [2.75, 3.05) is 0 Å². The SMILES string of the molecule is [CH3][Ge]([CH3])([CH3])[c]1ccc2c(-c3ccc(F)cc3)ncnc2c1. The molecule has 3 aromatic rings. The molecular formula is C17H17FGeN2. The Morgan fingerprint density at radius 2 is 1.62 bits per heavy atom. The maximum absolute atomic E-state index is 13.1. The van der Waals surface area contributed by atoms with Crippen molar-refractivity contribution in [1.82, 2.24) is 9.97 Å². The average Bonchev–Trinajstić information content (AvgIpc) is 2.46. The van der Waals surface area contributed by atoms with Gasteiger partial charge >= 0.3 is 126 Å². The van der Waals surface area contributed by atoms with E-state index in [1.54, 1.807) is 18.5 Å². The quantitative estimate of drug-likeness (QED) is 0.659. The van der Waals surface area contributed by atoms with Crippen molar-refractivity contribution in [3.8, 4) is 11.3 Å². The van der Waals surface area contributed by atoms with Gasteiger partial charge < -0.3 is 0 Å². The molecule has 3 rings (SSSR count). The summed E-state index contributed by atoms with van der Waals surface area (Å²) in [6.45, 7) is 0. The molecule has 0 saturated carbocycles. The predicted molar refractivity (Wildman–Crippen MR) is 87.9 cm³/mol. The van der Waals surface area contributed by atoms with Gasteiger partial charge in [0.15, 0.2) is 0 Å². The van der Waals surface area contributed by atoms with Gasteiger partial charge in [0, 0.05) is 0 Å². The second kappa shape index (κ2) is 5.22. The summed E-state index contributed by atoms with van der Waals surface area (Å²) in [5.74, 6) is 6.86. The Kier molecular flexibility index (Phi) is 3.53. The molecule has 1 heterocycles. The van der Waals surface area contributed by atoms with Gasteiger partial charge in [0.25, 0.3) is 0 Å². The second-order valence-electron chi connectivity index (χ2n) is 6.21. The summed E-state index contributed by atoms with van der Waals surface area (Å²) in [5, 5.41) is 1.01. The zero-order valence-corrected chi connectivity index (χ0v) is 14.5. The second-order valence-corrected chi connectivity index (χ2v) is 16.9. The normalized spacial score (nSPS) is 11.8. The molecule has 0 bridgehead atoms. The van der Waals surface area contributed by atoms with E-state index in [0.29, 0.717) is 0 Å².